The molecule has 3 aromatic carbocycles. The first kappa shape index (κ1) is 30.7. The lowest BCUT2D eigenvalue weighted by Crippen LogP contribution is -2.43. The highest BCUT2D eigenvalue weighted by atomic mass is 35.5. The van der Waals surface area contributed by atoms with Gasteiger partial charge in [0.15, 0.2) is 5.82 Å². The van der Waals surface area contributed by atoms with Crippen molar-refractivity contribution in [2.24, 2.45) is 10.2 Å². The Morgan fingerprint density at radius 1 is 0.930 bits per heavy atom. The zero-order chi connectivity index (χ0) is 29.7. The summed E-state index contributed by atoms with van der Waals surface area (Å²) < 4.78 is 16.9. The van der Waals surface area contributed by atoms with Gasteiger partial charge in [0.05, 0.1) is 11.3 Å². The molecule has 6 rings (SSSR count). The molecule has 3 heterocycles. The van der Waals surface area contributed by atoms with Crippen molar-refractivity contribution in [2.45, 2.75) is 32.0 Å². The van der Waals surface area contributed by atoms with E-state index >= 15 is 0 Å². The number of pyridine rings is 1. The van der Waals surface area contributed by atoms with Gasteiger partial charge in [-0.3, -0.25) is 0 Å². The molecule has 11 heteroatoms. The van der Waals surface area contributed by atoms with Gasteiger partial charge in [0, 0.05) is 23.9 Å². The van der Waals surface area contributed by atoms with Gasteiger partial charge in [-0.15, -0.1) is 17.5 Å². The Balaban J connectivity index is 0.000000215. The Morgan fingerprint density at radius 3 is 2.33 bits per heavy atom. The predicted molar refractivity (Wildman–Crippen MR) is 167 cm³/mol. The second kappa shape index (κ2) is 13.2. The summed E-state index contributed by atoms with van der Waals surface area (Å²) in [5.41, 5.74) is 13.2. The Kier molecular flexibility index (Phi) is 9.42. The van der Waals surface area contributed by atoms with E-state index < -0.39 is 11.2 Å². The Bertz CT molecular complexity index is 1810. The number of carbonyl (C=O) groups is 1. The molecular weight excluding hydrogens is 570 g/mol. The number of azo groups is 1. The van der Waals surface area contributed by atoms with E-state index in [9.17, 15) is 9.59 Å². The molecule has 0 fully saturated rings. The van der Waals surface area contributed by atoms with Crippen LogP contribution in [0.4, 0.5) is 23.0 Å². The van der Waals surface area contributed by atoms with E-state index in [-0.39, 0.29) is 30.3 Å². The van der Waals surface area contributed by atoms with Gasteiger partial charge < -0.3 is 25.4 Å². The standard InChI is InChI=1S/C21H18O5.C11H11N5.ClH/c1-21(2,26-20(23)13-6-4-3-5-7-13)18-11-15-10-14-8-9-19(22)25-16(14)12-17(15)24-18;12-10-7-6-9(11(13)14-10)16-15-8-4-2-1-3-5-8;/h3-10,12,18H,11H2,1-2H3;1-7H,(H4,12,13,14);1H. The van der Waals surface area contributed by atoms with Crippen molar-refractivity contribution in [3.05, 3.63) is 119 Å². The average molecular weight is 600 g/mol. The Labute approximate surface area is 253 Å². The van der Waals surface area contributed by atoms with Crippen LogP contribution in [0.15, 0.2) is 117 Å². The molecule has 0 saturated carbocycles. The molecule has 10 nitrogen and oxygen atoms in total. The van der Waals surface area contributed by atoms with Crippen molar-refractivity contribution in [2.75, 3.05) is 11.5 Å². The van der Waals surface area contributed by atoms with Gasteiger partial charge in [-0.05, 0) is 67.9 Å². The zero-order valence-electron chi connectivity index (χ0n) is 23.5. The van der Waals surface area contributed by atoms with Gasteiger partial charge in [-0.1, -0.05) is 36.4 Å². The van der Waals surface area contributed by atoms with Crippen LogP contribution in [-0.2, 0) is 11.2 Å². The Hall–Kier alpha value is -5.22. The lowest BCUT2D eigenvalue weighted by molar-refractivity contribution is -0.0517. The molecule has 0 radical (unpaired) electrons. The van der Waals surface area contributed by atoms with Crippen LogP contribution < -0.4 is 21.8 Å². The van der Waals surface area contributed by atoms with Crippen molar-refractivity contribution in [1.29, 1.82) is 0 Å². The fraction of sp³-hybridized carbons (Fsp3) is 0.156. The fourth-order valence-corrected chi connectivity index (χ4v) is 4.31. The maximum atomic E-state index is 12.4. The summed E-state index contributed by atoms with van der Waals surface area (Å²) in [6.07, 6.45) is 0.285. The van der Waals surface area contributed by atoms with Crippen LogP contribution in [0, 0.1) is 0 Å². The van der Waals surface area contributed by atoms with E-state index in [1.54, 1.807) is 48.5 Å². The molecule has 1 atom stereocenters. The molecule has 0 saturated heterocycles. The van der Waals surface area contributed by atoms with Gasteiger partial charge in [0.2, 0.25) is 0 Å². The molecule has 5 aromatic rings. The van der Waals surface area contributed by atoms with E-state index in [1.807, 2.05) is 56.3 Å². The number of carbonyl (C=O) groups excluding carboxylic acids is 1. The number of nitrogen functional groups attached to an aromatic ring is 2. The second-order valence-corrected chi connectivity index (χ2v) is 10.1. The normalized spacial score (nSPS) is 13.8. The molecule has 1 unspecified atom stereocenters. The largest absolute Gasteiger partial charge is 0.485 e. The topological polar surface area (TPSA) is 155 Å². The number of fused-ring (bicyclic) bond motifs is 2. The molecule has 1 aliphatic rings. The predicted octanol–water partition coefficient (Wildman–Crippen LogP) is 6.82. The first-order valence-electron chi connectivity index (χ1n) is 13.2. The van der Waals surface area contributed by atoms with Crippen molar-refractivity contribution in [3.8, 4) is 5.75 Å². The fourth-order valence-electron chi connectivity index (χ4n) is 4.31. The number of ether oxygens (including phenoxy) is 2. The monoisotopic (exact) mass is 599 g/mol. The lowest BCUT2D eigenvalue weighted by atomic mass is 9.96. The highest BCUT2D eigenvalue weighted by Gasteiger charge is 2.40. The van der Waals surface area contributed by atoms with Crippen LogP contribution in [0.2, 0.25) is 0 Å². The van der Waals surface area contributed by atoms with Crippen LogP contribution in [-0.4, -0.2) is 22.7 Å². The molecule has 0 aliphatic carbocycles. The minimum atomic E-state index is -0.820. The SMILES string of the molecule is CC(C)(OC(=O)c1ccccc1)C1Cc2cc3ccc(=O)oc3cc2O1.Cl.Nc1ccc(N=Nc2ccccc2)c(N)n1. The second-order valence-electron chi connectivity index (χ2n) is 10.1. The zero-order valence-corrected chi connectivity index (χ0v) is 24.3. The number of hydrogen-bond donors (Lipinski definition) is 2. The molecule has 2 aromatic heterocycles. The van der Waals surface area contributed by atoms with Crippen LogP contribution in [0.1, 0.15) is 29.8 Å². The maximum absolute atomic E-state index is 12.4. The summed E-state index contributed by atoms with van der Waals surface area (Å²) in [6, 6.07) is 28.4. The van der Waals surface area contributed by atoms with Crippen molar-refractivity contribution in [1.82, 2.24) is 4.98 Å². The summed E-state index contributed by atoms with van der Waals surface area (Å²) in [5.74, 6) is 0.919. The number of nitrogens with zero attached hydrogens (tertiary/aromatic N) is 3. The third-order valence-corrected chi connectivity index (χ3v) is 6.57. The summed E-state index contributed by atoms with van der Waals surface area (Å²) in [7, 11) is 0. The van der Waals surface area contributed by atoms with Gasteiger partial charge >= 0.3 is 11.6 Å². The average Bonchev–Trinajstić information content (AvgIpc) is 3.41. The summed E-state index contributed by atoms with van der Waals surface area (Å²) in [5, 5.41) is 8.87. The third kappa shape index (κ3) is 7.55. The van der Waals surface area contributed by atoms with Gasteiger partial charge in [-0.2, -0.15) is 5.11 Å². The molecule has 43 heavy (non-hydrogen) atoms. The molecule has 220 valence electrons. The number of anilines is 2. The summed E-state index contributed by atoms with van der Waals surface area (Å²) >= 11 is 0. The van der Waals surface area contributed by atoms with Crippen molar-refractivity contribution in [3.63, 3.8) is 0 Å². The smallest absolute Gasteiger partial charge is 0.338 e. The van der Waals surface area contributed by atoms with Gasteiger partial charge in [0.25, 0.3) is 0 Å². The molecule has 0 spiro atoms. The number of hydrogen-bond acceptors (Lipinski definition) is 10. The number of halogens is 1. The highest BCUT2D eigenvalue weighted by Crippen LogP contribution is 2.37. The molecule has 0 amide bonds. The van der Waals surface area contributed by atoms with E-state index in [0.29, 0.717) is 34.8 Å². The van der Waals surface area contributed by atoms with Crippen LogP contribution >= 0.6 is 12.4 Å². The van der Waals surface area contributed by atoms with E-state index in [0.717, 1.165) is 16.6 Å². The first-order valence-corrected chi connectivity index (χ1v) is 13.2. The summed E-state index contributed by atoms with van der Waals surface area (Å²) in [4.78, 5) is 27.7. The first-order chi connectivity index (χ1) is 20.2. The minimum Gasteiger partial charge on any atom is -0.485 e. The van der Waals surface area contributed by atoms with Crippen molar-refractivity contribution < 1.29 is 18.7 Å². The third-order valence-electron chi connectivity index (χ3n) is 6.57. The lowest BCUT2D eigenvalue weighted by Gasteiger charge is -2.30. The van der Waals surface area contributed by atoms with E-state index in [1.165, 1.54) is 6.07 Å². The van der Waals surface area contributed by atoms with Crippen LogP contribution in [0.3, 0.4) is 0 Å². The molecular formula is C32H30ClN5O5. The van der Waals surface area contributed by atoms with E-state index in [2.05, 4.69) is 15.2 Å². The van der Waals surface area contributed by atoms with Gasteiger partial charge in [0.1, 0.15) is 34.5 Å². The number of aromatic nitrogens is 1. The Morgan fingerprint density at radius 2 is 1.63 bits per heavy atom. The number of rotatable bonds is 5. The van der Waals surface area contributed by atoms with Gasteiger partial charge in [-0.25, -0.2) is 14.6 Å². The van der Waals surface area contributed by atoms with Crippen LogP contribution in [0.5, 0.6) is 5.75 Å². The summed E-state index contributed by atoms with van der Waals surface area (Å²) in [6.45, 7) is 3.68. The molecule has 0 bridgehead atoms. The maximum Gasteiger partial charge on any atom is 0.338 e. The molecule has 4 N–H and O–H groups in total. The van der Waals surface area contributed by atoms with E-state index in [4.69, 9.17) is 25.4 Å². The number of esters is 1. The number of nitrogens with two attached hydrogens (primary N) is 2. The van der Waals surface area contributed by atoms with Crippen LogP contribution in [0.25, 0.3) is 11.0 Å². The highest BCUT2D eigenvalue weighted by molar-refractivity contribution is 5.89. The quantitative estimate of drug-likeness (QED) is 0.127. The number of benzene rings is 3. The minimum absolute atomic E-state index is 0. The van der Waals surface area contributed by atoms with Crippen molar-refractivity contribution >= 4 is 52.4 Å². The molecule has 1 aliphatic heterocycles.